The van der Waals surface area contributed by atoms with Crippen molar-refractivity contribution in [3.63, 3.8) is 0 Å². The highest BCUT2D eigenvalue weighted by atomic mass is 32.1. The first-order valence-corrected chi connectivity index (χ1v) is 11.6. The maximum atomic E-state index is 13.6. The highest BCUT2D eigenvalue weighted by molar-refractivity contribution is 7.18. The number of urea groups is 1. The molecule has 5 rings (SSSR count). The molecule has 0 aliphatic carbocycles. The van der Waals surface area contributed by atoms with Gasteiger partial charge in [0.25, 0.3) is 0 Å². The molecule has 11 heteroatoms. The molecule has 2 aromatic carbocycles. The van der Waals surface area contributed by atoms with Gasteiger partial charge in [0, 0.05) is 33.8 Å². The summed E-state index contributed by atoms with van der Waals surface area (Å²) >= 11 is 1.54. The van der Waals surface area contributed by atoms with Crippen molar-refractivity contribution in [2.75, 3.05) is 10.6 Å². The Balaban J connectivity index is 1.37. The molecule has 3 N–H and O–H groups in total. The second-order valence-electron chi connectivity index (χ2n) is 8.02. The number of nitrogens with zero attached hydrogens (tertiary/aromatic N) is 1. The van der Waals surface area contributed by atoms with Crippen LogP contribution in [0.25, 0.3) is 21.0 Å². The highest BCUT2D eigenvalue weighted by Crippen LogP contribution is 2.37. The molecule has 0 fully saturated rings. The molecule has 0 bridgehead atoms. The van der Waals surface area contributed by atoms with E-state index in [0.717, 1.165) is 21.5 Å². The van der Waals surface area contributed by atoms with Gasteiger partial charge in [-0.05, 0) is 48.2 Å². The van der Waals surface area contributed by atoms with Crippen LogP contribution in [0.1, 0.15) is 17.1 Å². The van der Waals surface area contributed by atoms with Gasteiger partial charge in [-0.25, -0.2) is 14.2 Å². The predicted molar refractivity (Wildman–Crippen MR) is 131 cm³/mol. The van der Waals surface area contributed by atoms with E-state index in [9.17, 15) is 22.4 Å². The van der Waals surface area contributed by atoms with Crippen LogP contribution < -0.4 is 16.0 Å². The number of hydrogen-bond donors (Lipinski definition) is 3. The van der Waals surface area contributed by atoms with Crippen LogP contribution in [0.15, 0.2) is 64.4 Å². The van der Waals surface area contributed by atoms with Gasteiger partial charge in [-0.1, -0.05) is 18.2 Å². The lowest BCUT2D eigenvalue weighted by atomic mass is 10.1. The first-order valence-electron chi connectivity index (χ1n) is 10.7. The Morgan fingerprint density at radius 3 is 2.69 bits per heavy atom. The van der Waals surface area contributed by atoms with Crippen molar-refractivity contribution < 1.29 is 26.8 Å². The number of thiophene rings is 1. The Morgan fingerprint density at radius 1 is 1.08 bits per heavy atom. The highest BCUT2D eigenvalue weighted by Gasteiger charge is 2.38. The zero-order valence-electron chi connectivity index (χ0n) is 18.7. The molecule has 36 heavy (non-hydrogen) atoms. The van der Waals surface area contributed by atoms with Crippen molar-refractivity contribution in [3.8, 4) is 0 Å². The van der Waals surface area contributed by atoms with Crippen LogP contribution in [0.3, 0.4) is 0 Å². The molecular formula is C25H18F4N4O2S. The molecule has 0 spiro atoms. The number of anilines is 3. The number of carbonyl (C=O) groups is 1. The summed E-state index contributed by atoms with van der Waals surface area (Å²) in [5, 5.41) is 11.6. The fourth-order valence-corrected chi connectivity index (χ4v) is 4.75. The number of aromatic nitrogens is 1. The van der Waals surface area contributed by atoms with E-state index < -0.39 is 23.7 Å². The first kappa shape index (κ1) is 23.6. The van der Waals surface area contributed by atoms with Crippen LogP contribution in [0, 0.1) is 12.7 Å². The van der Waals surface area contributed by atoms with Crippen molar-refractivity contribution in [2.45, 2.75) is 19.6 Å². The van der Waals surface area contributed by atoms with Gasteiger partial charge in [0.15, 0.2) is 0 Å². The summed E-state index contributed by atoms with van der Waals surface area (Å²) in [6, 6.07) is 13.8. The van der Waals surface area contributed by atoms with Crippen LogP contribution in [0.5, 0.6) is 0 Å². The van der Waals surface area contributed by atoms with Crippen molar-refractivity contribution in [1.29, 1.82) is 0 Å². The Kier molecular flexibility index (Phi) is 6.00. The van der Waals surface area contributed by atoms with Gasteiger partial charge in [0.05, 0.1) is 11.2 Å². The fraction of sp³-hybridized carbons (Fsp3) is 0.120. The SMILES string of the molecule is Cc1cc(NC(=O)NCc2ccc3c(c2)nc(Nc2cccc(F)c2)c2ccsc23)c(C(F)(F)F)o1. The van der Waals surface area contributed by atoms with Gasteiger partial charge in [0.2, 0.25) is 5.76 Å². The van der Waals surface area contributed by atoms with Crippen LogP contribution in [-0.2, 0) is 12.7 Å². The molecular weight excluding hydrogens is 496 g/mol. The summed E-state index contributed by atoms with van der Waals surface area (Å²) in [5.74, 6) is -1.05. The van der Waals surface area contributed by atoms with Gasteiger partial charge in [0.1, 0.15) is 17.4 Å². The average molecular weight is 515 g/mol. The number of benzene rings is 2. The number of carbonyl (C=O) groups excluding carboxylic acids is 1. The molecule has 0 radical (unpaired) electrons. The van der Waals surface area contributed by atoms with Crippen molar-refractivity contribution in [2.24, 2.45) is 0 Å². The maximum Gasteiger partial charge on any atom is 0.451 e. The lowest BCUT2D eigenvalue weighted by Crippen LogP contribution is -2.28. The summed E-state index contributed by atoms with van der Waals surface area (Å²) < 4.78 is 58.6. The number of aryl methyl sites for hydroxylation is 1. The van der Waals surface area contributed by atoms with Crippen molar-refractivity contribution in [3.05, 3.63) is 82.9 Å². The predicted octanol–water partition coefficient (Wildman–Crippen LogP) is 7.57. The molecule has 3 aromatic heterocycles. The second-order valence-corrected chi connectivity index (χ2v) is 8.93. The molecule has 0 aliphatic heterocycles. The van der Waals surface area contributed by atoms with Gasteiger partial charge >= 0.3 is 12.2 Å². The largest absolute Gasteiger partial charge is 0.455 e. The third-order valence-corrected chi connectivity index (χ3v) is 6.31. The molecule has 184 valence electrons. The average Bonchev–Trinajstić information content (AvgIpc) is 3.45. The number of amides is 2. The van der Waals surface area contributed by atoms with Gasteiger partial charge in [-0.3, -0.25) is 0 Å². The lowest BCUT2D eigenvalue weighted by molar-refractivity contribution is -0.152. The third-order valence-electron chi connectivity index (χ3n) is 5.36. The summed E-state index contributed by atoms with van der Waals surface area (Å²) in [4.78, 5) is 17.0. The van der Waals surface area contributed by atoms with E-state index in [4.69, 9.17) is 4.98 Å². The van der Waals surface area contributed by atoms with E-state index >= 15 is 0 Å². The second kappa shape index (κ2) is 9.15. The summed E-state index contributed by atoms with van der Waals surface area (Å²) in [5.41, 5.74) is 1.44. The minimum atomic E-state index is -4.73. The minimum absolute atomic E-state index is 0.0285. The van der Waals surface area contributed by atoms with Crippen LogP contribution in [-0.4, -0.2) is 11.0 Å². The zero-order valence-corrected chi connectivity index (χ0v) is 19.5. The lowest BCUT2D eigenvalue weighted by Gasteiger charge is -2.11. The van der Waals surface area contributed by atoms with E-state index in [1.54, 1.807) is 29.5 Å². The molecule has 0 unspecified atom stereocenters. The van der Waals surface area contributed by atoms with Crippen LogP contribution >= 0.6 is 11.3 Å². The van der Waals surface area contributed by atoms with Gasteiger partial charge in [-0.15, -0.1) is 11.3 Å². The topological polar surface area (TPSA) is 79.2 Å². The fourth-order valence-electron chi connectivity index (χ4n) is 3.82. The Hall–Kier alpha value is -4.12. The summed E-state index contributed by atoms with van der Waals surface area (Å²) in [7, 11) is 0. The number of fused-ring (bicyclic) bond motifs is 3. The number of halogens is 4. The molecule has 6 nitrogen and oxygen atoms in total. The quantitative estimate of drug-likeness (QED) is 0.211. The Labute approximate surface area is 205 Å². The smallest absolute Gasteiger partial charge is 0.451 e. The normalized spacial score (nSPS) is 11.7. The molecule has 2 amide bonds. The van der Waals surface area contributed by atoms with E-state index in [2.05, 4.69) is 20.4 Å². The maximum absolute atomic E-state index is 13.6. The molecule has 0 saturated carbocycles. The number of rotatable bonds is 5. The molecule has 5 aromatic rings. The summed E-state index contributed by atoms with van der Waals surface area (Å²) in [6.45, 7) is 1.42. The number of furan rings is 1. The summed E-state index contributed by atoms with van der Waals surface area (Å²) in [6.07, 6.45) is -4.73. The van der Waals surface area contributed by atoms with Crippen LogP contribution in [0.2, 0.25) is 0 Å². The molecule has 0 aliphatic rings. The number of alkyl halides is 3. The minimum Gasteiger partial charge on any atom is -0.455 e. The van der Waals surface area contributed by atoms with Crippen molar-refractivity contribution >= 4 is 55.5 Å². The monoisotopic (exact) mass is 514 g/mol. The Morgan fingerprint density at radius 2 is 1.92 bits per heavy atom. The van der Waals surface area contributed by atoms with E-state index in [-0.39, 0.29) is 18.1 Å². The molecule has 0 saturated heterocycles. The van der Waals surface area contributed by atoms with Gasteiger partial charge in [-0.2, -0.15) is 13.2 Å². The molecule has 0 atom stereocenters. The van der Waals surface area contributed by atoms with Gasteiger partial charge < -0.3 is 20.4 Å². The van der Waals surface area contributed by atoms with Crippen LogP contribution in [0.4, 0.5) is 39.5 Å². The third kappa shape index (κ3) is 4.82. The number of hydrogen-bond acceptors (Lipinski definition) is 5. The van der Waals surface area contributed by atoms with Crippen molar-refractivity contribution in [1.82, 2.24) is 10.3 Å². The molecule has 3 heterocycles. The number of nitrogens with one attached hydrogen (secondary N) is 3. The van der Waals surface area contributed by atoms with E-state index in [1.165, 1.54) is 19.1 Å². The van der Waals surface area contributed by atoms with E-state index in [1.807, 2.05) is 23.6 Å². The standard InChI is InChI=1S/C25H18F4N4O2S/c1-13-9-20(22(35-13)25(27,28)29)33-24(34)30-12-14-5-6-17-19(10-14)32-23(18-7-8-36-21(17)18)31-16-4-2-3-15(26)11-16/h2-11H,12H2,1H3,(H,31,32)(H2,30,33,34). The zero-order chi connectivity index (χ0) is 25.4. The Bertz CT molecular complexity index is 1590. The van der Waals surface area contributed by atoms with E-state index in [0.29, 0.717) is 22.6 Å². The number of pyridine rings is 1. The first-order chi connectivity index (χ1) is 17.2.